The lowest BCUT2D eigenvalue weighted by atomic mass is 10.1. The van der Waals surface area contributed by atoms with Crippen molar-refractivity contribution in [2.24, 2.45) is 5.14 Å². The first-order valence-electron chi connectivity index (χ1n) is 8.76. The fraction of sp³-hybridized carbons (Fsp3) is 0.200. The molecular formula is C20H22N4O3S. The van der Waals surface area contributed by atoms with Gasteiger partial charge in [0.05, 0.1) is 4.90 Å². The highest BCUT2D eigenvalue weighted by atomic mass is 32.2. The normalized spacial score (nSPS) is 11.4. The lowest BCUT2D eigenvalue weighted by Gasteiger charge is -2.11. The summed E-state index contributed by atoms with van der Waals surface area (Å²) in [6, 6.07) is 12.2. The molecule has 3 rings (SSSR count). The number of aromatic nitrogens is 2. The molecule has 1 heterocycles. The summed E-state index contributed by atoms with van der Waals surface area (Å²) in [5, 5.41) is 8.15. The maximum atomic E-state index is 12.7. The summed E-state index contributed by atoms with van der Waals surface area (Å²) in [5.74, 6) is 0.266. The molecule has 0 saturated carbocycles. The summed E-state index contributed by atoms with van der Waals surface area (Å²) in [6.07, 6.45) is 3.83. The van der Waals surface area contributed by atoms with E-state index in [2.05, 4.69) is 10.3 Å². The molecule has 28 heavy (non-hydrogen) atoms. The number of rotatable bonds is 6. The Morgan fingerprint density at radius 1 is 1.07 bits per heavy atom. The van der Waals surface area contributed by atoms with E-state index in [4.69, 9.17) is 5.14 Å². The number of hydrogen-bond donors (Lipinski definition) is 2. The van der Waals surface area contributed by atoms with E-state index in [1.54, 1.807) is 29.1 Å². The third kappa shape index (κ3) is 4.47. The molecule has 146 valence electrons. The standard InChI is InChI=1S/C20H22N4O3S/c1-14-3-6-17(13-15(14)2)24-12-11-23-19(20(24)25)22-10-9-16-4-7-18(8-5-16)28(21,26)27/h3-8,11-13H,9-10H2,1-2H3,(H,22,23)(H2,21,26,27). The van der Waals surface area contributed by atoms with Crippen LogP contribution >= 0.6 is 0 Å². The van der Waals surface area contributed by atoms with Crippen molar-refractivity contribution < 1.29 is 8.42 Å². The molecule has 0 bridgehead atoms. The Hall–Kier alpha value is -2.97. The van der Waals surface area contributed by atoms with Gasteiger partial charge < -0.3 is 5.32 Å². The van der Waals surface area contributed by atoms with Crippen LogP contribution in [-0.2, 0) is 16.4 Å². The molecule has 0 saturated heterocycles. The number of anilines is 1. The molecule has 8 heteroatoms. The molecule has 0 spiro atoms. The fourth-order valence-corrected chi connectivity index (χ4v) is 3.30. The lowest BCUT2D eigenvalue weighted by Crippen LogP contribution is -2.24. The number of primary sulfonamides is 1. The van der Waals surface area contributed by atoms with Crippen LogP contribution in [0.3, 0.4) is 0 Å². The van der Waals surface area contributed by atoms with Crippen LogP contribution in [0.4, 0.5) is 5.82 Å². The van der Waals surface area contributed by atoms with Crippen LogP contribution in [0.2, 0.25) is 0 Å². The minimum Gasteiger partial charge on any atom is -0.365 e. The number of nitrogens with two attached hydrogens (primary N) is 1. The molecule has 0 amide bonds. The number of nitrogens with zero attached hydrogens (tertiary/aromatic N) is 2. The first-order valence-corrected chi connectivity index (χ1v) is 10.3. The second-order valence-electron chi connectivity index (χ2n) is 6.59. The average Bonchev–Trinajstić information content (AvgIpc) is 2.65. The Morgan fingerprint density at radius 2 is 1.79 bits per heavy atom. The van der Waals surface area contributed by atoms with Gasteiger partial charge in [0.15, 0.2) is 5.82 Å². The molecule has 0 aliphatic heterocycles. The van der Waals surface area contributed by atoms with Crippen LogP contribution in [0.5, 0.6) is 0 Å². The van der Waals surface area contributed by atoms with E-state index in [0.29, 0.717) is 13.0 Å². The summed E-state index contributed by atoms with van der Waals surface area (Å²) in [5.41, 5.74) is 3.76. The highest BCUT2D eigenvalue weighted by Gasteiger charge is 2.08. The predicted octanol–water partition coefficient (Wildman–Crippen LogP) is 2.15. The van der Waals surface area contributed by atoms with Crippen LogP contribution in [0, 0.1) is 13.8 Å². The maximum absolute atomic E-state index is 12.7. The van der Waals surface area contributed by atoms with E-state index in [9.17, 15) is 13.2 Å². The van der Waals surface area contributed by atoms with Crippen molar-refractivity contribution >= 4 is 15.8 Å². The van der Waals surface area contributed by atoms with Crippen LogP contribution in [-0.4, -0.2) is 24.5 Å². The zero-order chi connectivity index (χ0) is 20.3. The molecule has 0 fully saturated rings. The third-order valence-corrected chi connectivity index (χ3v) is 5.50. The summed E-state index contributed by atoms with van der Waals surface area (Å²) < 4.78 is 24.1. The first kappa shape index (κ1) is 19.8. The Labute approximate surface area is 163 Å². The van der Waals surface area contributed by atoms with Crippen LogP contribution in [0.1, 0.15) is 16.7 Å². The molecule has 1 aromatic heterocycles. The van der Waals surface area contributed by atoms with Gasteiger partial charge in [-0.1, -0.05) is 18.2 Å². The van der Waals surface area contributed by atoms with Gasteiger partial charge in [-0.25, -0.2) is 18.5 Å². The molecule has 0 atom stereocenters. The van der Waals surface area contributed by atoms with Crippen LogP contribution in [0.15, 0.2) is 64.5 Å². The van der Waals surface area contributed by atoms with Gasteiger partial charge in [0.1, 0.15) is 0 Å². The van der Waals surface area contributed by atoms with Crippen molar-refractivity contribution in [3.8, 4) is 5.69 Å². The molecule has 0 unspecified atom stereocenters. The van der Waals surface area contributed by atoms with E-state index in [1.807, 2.05) is 32.0 Å². The van der Waals surface area contributed by atoms with Crippen molar-refractivity contribution in [3.05, 3.63) is 81.9 Å². The molecule has 7 nitrogen and oxygen atoms in total. The van der Waals surface area contributed by atoms with Gasteiger partial charge in [-0.15, -0.1) is 0 Å². The minimum absolute atomic E-state index is 0.0743. The Kier molecular flexibility index (Phi) is 5.62. The Morgan fingerprint density at radius 3 is 2.43 bits per heavy atom. The number of benzene rings is 2. The Balaban J connectivity index is 1.72. The maximum Gasteiger partial charge on any atom is 0.297 e. The molecule has 3 N–H and O–H groups in total. The van der Waals surface area contributed by atoms with Crippen molar-refractivity contribution in [1.82, 2.24) is 9.55 Å². The SMILES string of the molecule is Cc1ccc(-n2ccnc(NCCc3ccc(S(N)(=O)=O)cc3)c2=O)cc1C. The molecule has 0 aliphatic rings. The summed E-state index contributed by atoms with van der Waals surface area (Å²) in [7, 11) is -3.70. The molecule has 0 aliphatic carbocycles. The van der Waals surface area contributed by atoms with E-state index in [1.165, 1.54) is 12.1 Å². The van der Waals surface area contributed by atoms with E-state index in [-0.39, 0.29) is 16.3 Å². The highest BCUT2D eigenvalue weighted by molar-refractivity contribution is 7.89. The van der Waals surface area contributed by atoms with Gasteiger partial charge in [0.2, 0.25) is 10.0 Å². The fourth-order valence-electron chi connectivity index (χ4n) is 2.78. The first-order chi connectivity index (χ1) is 13.3. The largest absolute Gasteiger partial charge is 0.365 e. The average molecular weight is 398 g/mol. The summed E-state index contributed by atoms with van der Waals surface area (Å²) in [4.78, 5) is 16.9. The summed E-state index contributed by atoms with van der Waals surface area (Å²) in [6.45, 7) is 4.51. The zero-order valence-corrected chi connectivity index (χ0v) is 16.5. The quantitative estimate of drug-likeness (QED) is 0.662. The van der Waals surface area contributed by atoms with Crippen molar-refractivity contribution in [2.75, 3.05) is 11.9 Å². The molecule has 0 radical (unpaired) electrons. The van der Waals surface area contributed by atoms with Gasteiger partial charge in [0, 0.05) is 24.6 Å². The molecule has 3 aromatic rings. The van der Waals surface area contributed by atoms with Crippen LogP contribution in [0.25, 0.3) is 5.69 Å². The summed E-state index contributed by atoms with van der Waals surface area (Å²) >= 11 is 0. The second-order valence-corrected chi connectivity index (χ2v) is 8.15. The van der Waals surface area contributed by atoms with Gasteiger partial charge >= 0.3 is 0 Å². The molecular weight excluding hydrogens is 376 g/mol. The second kappa shape index (κ2) is 7.95. The van der Waals surface area contributed by atoms with Gasteiger partial charge in [-0.2, -0.15) is 0 Å². The van der Waals surface area contributed by atoms with Crippen molar-refractivity contribution in [2.45, 2.75) is 25.2 Å². The molecule has 2 aromatic carbocycles. The number of sulfonamides is 1. The van der Waals surface area contributed by atoms with Crippen molar-refractivity contribution in [1.29, 1.82) is 0 Å². The minimum atomic E-state index is -3.70. The highest BCUT2D eigenvalue weighted by Crippen LogP contribution is 2.13. The van der Waals surface area contributed by atoms with E-state index < -0.39 is 10.0 Å². The number of aryl methyl sites for hydroxylation is 2. The topological polar surface area (TPSA) is 107 Å². The third-order valence-electron chi connectivity index (χ3n) is 4.57. The van der Waals surface area contributed by atoms with E-state index >= 15 is 0 Å². The number of nitrogens with one attached hydrogen (secondary N) is 1. The van der Waals surface area contributed by atoms with Gasteiger partial charge in [-0.05, 0) is 61.2 Å². The monoisotopic (exact) mass is 398 g/mol. The zero-order valence-electron chi connectivity index (χ0n) is 15.7. The number of hydrogen-bond acceptors (Lipinski definition) is 5. The predicted molar refractivity (Wildman–Crippen MR) is 109 cm³/mol. The lowest BCUT2D eigenvalue weighted by molar-refractivity contribution is 0.598. The van der Waals surface area contributed by atoms with Gasteiger partial charge in [-0.3, -0.25) is 9.36 Å². The Bertz CT molecular complexity index is 1150. The van der Waals surface area contributed by atoms with Gasteiger partial charge in [0.25, 0.3) is 5.56 Å². The smallest absolute Gasteiger partial charge is 0.297 e. The van der Waals surface area contributed by atoms with Crippen molar-refractivity contribution in [3.63, 3.8) is 0 Å². The van der Waals surface area contributed by atoms with E-state index in [0.717, 1.165) is 22.4 Å². The van der Waals surface area contributed by atoms with Crippen LogP contribution < -0.4 is 16.0 Å².